The lowest BCUT2D eigenvalue weighted by Crippen LogP contribution is -2.38. The van der Waals surface area contributed by atoms with Crippen molar-refractivity contribution in [2.24, 2.45) is 0 Å². The Morgan fingerprint density at radius 1 is 1.39 bits per heavy atom. The summed E-state index contributed by atoms with van der Waals surface area (Å²) in [5.41, 5.74) is 0.843. The van der Waals surface area contributed by atoms with Crippen LogP contribution in [-0.2, 0) is 9.53 Å². The van der Waals surface area contributed by atoms with Crippen LogP contribution in [0.1, 0.15) is 31.6 Å². The van der Waals surface area contributed by atoms with Crippen LogP contribution in [0.3, 0.4) is 0 Å². The molecule has 1 aromatic carbocycles. The summed E-state index contributed by atoms with van der Waals surface area (Å²) in [6.45, 7) is 3.79. The zero-order chi connectivity index (χ0) is 15.4. The van der Waals surface area contributed by atoms with Gasteiger partial charge in [0.2, 0.25) is 5.91 Å². The molecule has 6 heteroatoms. The lowest BCUT2D eigenvalue weighted by Gasteiger charge is -2.13. The summed E-state index contributed by atoms with van der Waals surface area (Å²) in [4.78, 5) is 12.0. The normalized spacial score (nSPS) is 18.6. The van der Waals surface area contributed by atoms with Gasteiger partial charge in [-0.05, 0) is 31.9 Å². The van der Waals surface area contributed by atoms with E-state index in [1.165, 1.54) is 0 Å². The fourth-order valence-corrected chi connectivity index (χ4v) is 2.73. The van der Waals surface area contributed by atoms with Gasteiger partial charge < -0.3 is 19.8 Å². The molecule has 2 aromatic rings. The summed E-state index contributed by atoms with van der Waals surface area (Å²) in [5, 5.41) is 7.14. The van der Waals surface area contributed by atoms with Gasteiger partial charge in [-0.3, -0.25) is 4.79 Å². The Kier molecular flexibility index (Phi) is 6.45. The highest BCUT2D eigenvalue weighted by molar-refractivity contribution is 5.85. The second-order valence-corrected chi connectivity index (χ2v) is 5.74. The fourth-order valence-electron chi connectivity index (χ4n) is 2.73. The van der Waals surface area contributed by atoms with Crippen molar-refractivity contribution in [1.29, 1.82) is 0 Å². The molecule has 1 amide bonds. The van der Waals surface area contributed by atoms with Gasteiger partial charge in [-0.1, -0.05) is 18.2 Å². The molecule has 1 aromatic heterocycles. The molecule has 2 atom stereocenters. The SMILES string of the molecule is CC(NC(=O)CNCC1CCCO1)c1cc2ccccc2o1.Cl. The van der Waals surface area contributed by atoms with Crippen LogP contribution in [0.15, 0.2) is 34.7 Å². The van der Waals surface area contributed by atoms with Gasteiger partial charge in [0, 0.05) is 18.5 Å². The Morgan fingerprint density at radius 2 is 2.22 bits per heavy atom. The van der Waals surface area contributed by atoms with Crippen molar-refractivity contribution in [3.63, 3.8) is 0 Å². The van der Waals surface area contributed by atoms with Crippen molar-refractivity contribution in [1.82, 2.24) is 10.6 Å². The molecule has 0 aliphatic carbocycles. The maximum absolute atomic E-state index is 12.0. The summed E-state index contributed by atoms with van der Waals surface area (Å²) >= 11 is 0. The second kappa shape index (κ2) is 8.34. The smallest absolute Gasteiger partial charge is 0.234 e. The molecule has 1 fully saturated rings. The monoisotopic (exact) mass is 338 g/mol. The fraction of sp³-hybridized carbons (Fsp3) is 0.471. The third-order valence-electron chi connectivity index (χ3n) is 3.93. The zero-order valence-corrected chi connectivity index (χ0v) is 14.0. The minimum atomic E-state index is -0.149. The largest absolute Gasteiger partial charge is 0.459 e. The molecular weight excluding hydrogens is 316 g/mol. The number of hydrogen-bond acceptors (Lipinski definition) is 4. The van der Waals surface area contributed by atoms with Gasteiger partial charge in [0.05, 0.1) is 18.7 Å². The predicted octanol–water partition coefficient (Wildman–Crippen LogP) is 2.80. The third kappa shape index (κ3) is 4.70. The molecule has 2 heterocycles. The standard InChI is InChI=1S/C17H22N2O3.ClH/c1-12(16-9-13-5-2-3-7-15(13)22-16)19-17(20)11-18-10-14-6-4-8-21-14;/h2-3,5,7,9,12,14,18H,4,6,8,10-11H2,1H3,(H,19,20);1H. The van der Waals surface area contributed by atoms with Crippen molar-refractivity contribution >= 4 is 29.3 Å². The van der Waals surface area contributed by atoms with Crippen molar-refractivity contribution in [2.75, 3.05) is 19.7 Å². The summed E-state index contributed by atoms with van der Waals surface area (Å²) < 4.78 is 11.3. The number of carbonyl (C=O) groups excluding carboxylic acids is 1. The second-order valence-electron chi connectivity index (χ2n) is 5.74. The molecule has 1 aliphatic rings. The number of amides is 1. The minimum Gasteiger partial charge on any atom is -0.459 e. The van der Waals surface area contributed by atoms with Crippen molar-refractivity contribution in [3.05, 3.63) is 36.1 Å². The molecular formula is C17H23ClN2O3. The number of fused-ring (bicyclic) bond motifs is 1. The lowest BCUT2D eigenvalue weighted by molar-refractivity contribution is -0.121. The van der Waals surface area contributed by atoms with E-state index in [0.717, 1.165) is 42.7 Å². The number of nitrogens with one attached hydrogen (secondary N) is 2. The highest BCUT2D eigenvalue weighted by atomic mass is 35.5. The number of benzene rings is 1. The molecule has 1 aliphatic heterocycles. The van der Waals surface area contributed by atoms with E-state index in [0.29, 0.717) is 6.54 Å². The van der Waals surface area contributed by atoms with Crippen LogP contribution < -0.4 is 10.6 Å². The minimum absolute atomic E-state index is 0. The maximum Gasteiger partial charge on any atom is 0.234 e. The summed E-state index contributed by atoms with van der Waals surface area (Å²) in [7, 11) is 0. The number of para-hydroxylation sites is 1. The number of rotatable bonds is 6. The van der Waals surface area contributed by atoms with Crippen LogP contribution in [0.2, 0.25) is 0 Å². The van der Waals surface area contributed by atoms with E-state index in [1.807, 2.05) is 37.3 Å². The molecule has 3 rings (SSSR count). The Bertz CT molecular complexity index is 605. The molecule has 5 nitrogen and oxygen atoms in total. The number of hydrogen-bond donors (Lipinski definition) is 2. The van der Waals surface area contributed by atoms with E-state index < -0.39 is 0 Å². The first-order valence-electron chi connectivity index (χ1n) is 7.82. The average Bonchev–Trinajstić information content (AvgIpc) is 3.16. The molecule has 0 bridgehead atoms. The van der Waals surface area contributed by atoms with Crippen LogP contribution in [0.5, 0.6) is 0 Å². The average molecular weight is 339 g/mol. The topological polar surface area (TPSA) is 63.5 Å². The van der Waals surface area contributed by atoms with Gasteiger partial charge in [-0.2, -0.15) is 0 Å². The zero-order valence-electron chi connectivity index (χ0n) is 13.2. The third-order valence-corrected chi connectivity index (χ3v) is 3.93. The first kappa shape index (κ1) is 17.8. The van der Waals surface area contributed by atoms with Gasteiger partial charge in [-0.15, -0.1) is 12.4 Å². The lowest BCUT2D eigenvalue weighted by atomic mass is 10.2. The molecule has 0 saturated carbocycles. The van der Waals surface area contributed by atoms with Crippen LogP contribution >= 0.6 is 12.4 Å². The van der Waals surface area contributed by atoms with Crippen molar-refractivity contribution in [3.8, 4) is 0 Å². The van der Waals surface area contributed by atoms with Gasteiger partial charge in [0.1, 0.15) is 11.3 Å². The first-order valence-corrected chi connectivity index (χ1v) is 7.82. The van der Waals surface area contributed by atoms with Gasteiger partial charge in [0.25, 0.3) is 0 Å². The number of carbonyl (C=O) groups is 1. The maximum atomic E-state index is 12.0. The van der Waals surface area contributed by atoms with Crippen LogP contribution in [0.4, 0.5) is 0 Å². The van der Waals surface area contributed by atoms with Crippen LogP contribution in [0, 0.1) is 0 Å². The van der Waals surface area contributed by atoms with E-state index in [4.69, 9.17) is 9.15 Å². The molecule has 1 saturated heterocycles. The molecule has 0 radical (unpaired) electrons. The Balaban J connectivity index is 0.00000192. The predicted molar refractivity (Wildman–Crippen MR) is 91.9 cm³/mol. The van der Waals surface area contributed by atoms with Crippen molar-refractivity contribution < 1.29 is 13.9 Å². The summed E-state index contributed by atoms with van der Waals surface area (Å²) in [6.07, 6.45) is 2.44. The number of furan rings is 1. The first-order chi connectivity index (χ1) is 10.7. The van der Waals surface area contributed by atoms with E-state index >= 15 is 0 Å². The van der Waals surface area contributed by atoms with E-state index in [1.54, 1.807) is 0 Å². The van der Waals surface area contributed by atoms with Gasteiger partial charge in [0.15, 0.2) is 0 Å². The van der Waals surface area contributed by atoms with E-state index in [-0.39, 0.29) is 30.5 Å². The molecule has 23 heavy (non-hydrogen) atoms. The van der Waals surface area contributed by atoms with E-state index in [9.17, 15) is 4.79 Å². The Labute approximate surface area is 142 Å². The molecule has 2 unspecified atom stereocenters. The van der Waals surface area contributed by atoms with Crippen LogP contribution in [0.25, 0.3) is 11.0 Å². The highest BCUT2D eigenvalue weighted by Gasteiger charge is 2.16. The highest BCUT2D eigenvalue weighted by Crippen LogP contribution is 2.23. The summed E-state index contributed by atoms with van der Waals surface area (Å²) in [6, 6.07) is 9.66. The van der Waals surface area contributed by atoms with Gasteiger partial charge >= 0.3 is 0 Å². The Hall–Kier alpha value is -1.56. The summed E-state index contributed by atoms with van der Waals surface area (Å²) in [5.74, 6) is 0.736. The molecule has 126 valence electrons. The number of ether oxygens (including phenoxy) is 1. The quantitative estimate of drug-likeness (QED) is 0.850. The van der Waals surface area contributed by atoms with Gasteiger partial charge in [-0.25, -0.2) is 0 Å². The van der Waals surface area contributed by atoms with Crippen LogP contribution in [-0.4, -0.2) is 31.7 Å². The Morgan fingerprint density at radius 3 is 2.96 bits per heavy atom. The molecule has 2 N–H and O–H groups in total. The van der Waals surface area contributed by atoms with E-state index in [2.05, 4.69) is 10.6 Å². The molecule has 0 spiro atoms. The number of halogens is 1. The van der Waals surface area contributed by atoms with Crippen molar-refractivity contribution in [2.45, 2.75) is 31.9 Å².